The molecule has 17 heteroatoms. The third-order valence-corrected chi connectivity index (χ3v) is 9.74. The largest absolute Gasteiger partial charge is 0.464 e. The standard InChI is InChI=1S/C31H38FNO9S.C11H22O5/c1-4-27(34)30-25-18-24(21-6-7-21)26(19-28(25)42-31(30)22-8-10-23(32)11-9-22)33(43(3,36)37)12-13-38-14-15-39-16-17-40-20-29(35)41-5-2;1-3-5-13-6-7-14-8-9-15-10-11(12)16-4-2/h8-11,18-19,21H,4-7,12-17,20H2,1-3H3;3-10H2,1-2H3. The van der Waals surface area contributed by atoms with Gasteiger partial charge < -0.3 is 42.3 Å². The molecule has 0 spiro atoms. The molecule has 1 aliphatic rings. The van der Waals surface area contributed by atoms with Crippen molar-refractivity contribution in [3.63, 3.8) is 0 Å². The maximum Gasteiger partial charge on any atom is 0.332 e. The summed E-state index contributed by atoms with van der Waals surface area (Å²) in [5.41, 5.74) is 2.68. The molecule has 3 aromatic rings. The Hall–Kier alpha value is -3.97. The number of rotatable bonds is 29. The van der Waals surface area contributed by atoms with E-state index in [0.717, 1.165) is 37.7 Å². The SMILES string of the molecule is CCCOCCOCCOCC(=O)OCC.CCOC(=O)COCCOCCOCCN(c1cc2oc(-c3ccc(F)cc3)c(C(=O)CC)c2cc1C1CC1)S(C)(=O)=O. The van der Waals surface area contributed by atoms with Gasteiger partial charge in [-0.15, -0.1) is 0 Å². The Labute approximate surface area is 346 Å². The molecule has 1 aromatic heterocycles. The van der Waals surface area contributed by atoms with Crippen LogP contribution in [0.5, 0.6) is 0 Å². The Kier molecular flexibility index (Phi) is 22.6. The lowest BCUT2D eigenvalue weighted by Gasteiger charge is -2.25. The summed E-state index contributed by atoms with van der Waals surface area (Å²) in [7, 11) is -3.70. The van der Waals surface area contributed by atoms with Gasteiger partial charge in [-0.2, -0.15) is 0 Å². The van der Waals surface area contributed by atoms with Gasteiger partial charge in [0.2, 0.25) is 10.0 Å². The minimum Gasteiger partial charge on any atom is -0.464 e. The Balaban J connectivity index is 0.000000492. The number of carbonyl (C=O) groups excluding carboxylic acids is 3. The van der Waals surface area contributed by atoms with Crippen LogP contribution in [0.1, 0.15) is 75.2 Å². The Morgan fingerprint density at radius 2 is 1.24 bits per heavy atom. The summed E-state index contributed by atoms with van der Waals surface area (Å²) in [5, 5.41) is 0.616. The van der Waals surface area contributed by atoms with Crippen molar-refractivity contribution in [2.45, 2.75) is 59.3 Å². The number of nitrogens with zero attached hydrogens (tertiary/aromatic N) is 1. The van der Waals surface area contributed by atoms with E-state index in [1.54, 1.807) is 39.0 Å². The average molecular weight is 854 g/mol. The monoisotopic (exact) mass is 853 g/mol. The quantitative estimate of drug-likeness (QED) is 0.0445. The molecule has 0 aliphatic heterocycles. The van der Waals surface area contributed by atoms with Gasteiger partial charge in [0.25, 0.3) is 0 Å². The lowest BCUT2D eigenvalue weighted by atomic mass is 9.97. The molecule has 0 bridgehead atoms. The van der Waals surface area contributed by atoms with E-state index >= 15 is 0 Å². The minimum atomic E-state index is -3.70. The predicted octanol–water partition coefficient (Wildman–Crippen LogP) is 6.10. The fourth-order valence-electron chi connectivity index (χ4n) is 5.70. The zero-order valence-corrected chi connectivity index (χ0v) is 35.7. The number of carbonyl (C=O) groups is 3. The first-order chi connectivity index (χ1) is 28.4. The molecule has 0 radical (unpaired) electrons. The van der Waals surface area contributed by atoms with E-state index in [0.29, 0.717) is 73.2 Å². The van der Waals surface area contributed by atoms with Crippen molar-refractivity contribution in [3.05, 3.63) is 53.3 Å². The Morgan fingerprint density at radius 1 is 0.729 bits per heavy atom. The van der Waals surface area contributed by atoms with Gasteiger partial charge in [0.05, 0.1) is 96.7 Å². The average Bonchev–Trinajstić information content (AvgIpc) is 3.99. The number of ether oxygens (including phenoxy) is 8. The lowest BCUT2D eigenvalue weighted by molar-refractivity contribution is -0.149. The number of fused-ring (bicyclic) bond motifs is 1. The van der Waals surface area contributed by atoms with E-state index in [1.807, 2.05) is 6.07 Å². The number of hydrogen-bond acceptors (Lipinski definition) is 14. The molecule has 1 aliphatic carbocycles. The van der Waals surface area contributed by atoms with Gasteiger partial charge in [-0.05, 0) is 74.9 Å². The van der Waals surface area contributed by atoms with Crippen LogP contribution in [0.15, 0.2) is 40.8 Å². The second-order valence-electron chi connectivity index (χ2n) is 13.3. The fraction of sp³-hybridized carbons (Fsp3) is 0.595. The second kappa shape index (κ2) is 27.0. The number of benzene rings is 2. The van der Waals surface area contributed by atoms with Crippen LogP contribution in [-0.2, 0) is 57.5 Å². The van der Waals surface area contributed by atoms with Gasteiger partial charge in [-0.3, -0.25) is 9.10 Å². The predicted molar refractivity (Wildman–Crippen MR) is 219 cm³/mol. The van der Waals surface area contributed by atoms with Crippen LogP contribution in [0.4, 0.5) is 10.1 Å². The van der Waals surface area contributed by atoms with E-state index in [4.69, 9.17) is 37.6 Å². The minimum absolute atomic E-state index is 0.0104. The van der Waals surface area contributed by atoms with Gasteiger partial charge in [0.15, 0.2) is 5.78 Å². The summed E-state index contributed by atoms with van der Waals surface area (Å²) in [5.74, 6) is -0.791. The molecular weight excluding hydrogens is 794 g/mol. The highest BCUT2D eigenvalue weighted by molar-refractivity contribution is 7.92. The Bertz CT molecular complexity index is 1830. The summed E-state index contributed by atoms with van der Waals surface area (Å²) in [6.45, 7) is 11.8. The number of halogens is 1. The zero-order valence-electron chi connectivity index (χ0n) is 34.9. The number of sulfonamides is 1. The van der Waals surface area contributed by atoms with E-state index in [2.05, 4.69) is 11.7 Å². The van der Waals surface area contributed by atoms with Crippen LogP contribution in [0.25, 0.3) is 22.3 Å². The first-order valence-corrected chi connectivity index (χ1v) is 21.9. The molecule has 0 unspecified atom stereocenters. The molecule has 0 saturated heterocycles. The molecule has 0 N–H and O–H groups in total. The number of anilines is 1. The molecular formula is C42H60FNO14S. The molecule has 1 heterocycles. The molecule has 1 fully saturated rings. The van der Waals surface area contributed by atoms with Crippen molar-refractivity contribution in [2.75, 3.05) is 110 Å². The van der Waals surface area contributed by atoms with Crippen molar-refractivity contribution in [1.29, 1.82) is 0 Å². The van der Waals surface area contributed by atoms with Gasteiger partial charge in [-0.1, -0.05) is 13.8 Å². The fourth-order valence-corrected chi connectivity index (χ4v) is 6.62. The maximum absolute atomic E-state index is 13.6. The smallest absolute Gasteiger partial charge is 0.332 e. The molecule has 15 nitrogen and oxygen atoms in total. The summed E-state index contributed by atoms with van der Waals surface area (Å²) in [6.07, 6.45) is 4.23. The first-order valence-electron chi connectivity index (χ1n) is 20.1. The van der Waals surface area contributed by atoms with Crippen molar-refractivity contribution < 1.29 is 69.5 Å². The van der Waals surface area contributed by atoms with Crippen LogP contribution in [0, 0.1) is 5.82 Å². The lowest BCUT2D eigenvalue weighted by Crippen LogP contribution is -2.34. The van der Waals surface area contributed by atoms with Gasteiger partial charge in [0.1, 0.15) is 30.4 Å². The number of Topliss-reactive ketones (excluding diaryl/α,β-unsaturated/α-hetero) is 1. The van der Waals surface area contributed by atoms with E-state index in [1.165, 1.54) is 16.4 Å². The Morgan fingerprint density at radius 3 is 1.71 bits per heavy atom. The van der Waals surface area contributed by atoms with Gasteiger partial charge in [0, 0.05) is 30.0 Å². The number of esters is 2. The third-order valence-electron chi connectivity index (χ3n) is 8.56. The number of hydrogen-bond donors (Lipinski definition) is 0. The topological polar surface area (TPSA) is 176 Å². The number of ketones is 1. The van der Waals surface area contributed by atoms with Crippen molar-refractivity contribution in [3.8, 4) is 11.3 Å². The van der Waals surface area contributed by atoms with Gasteiger partial charge >= 0.3 is 11.9 Å². The first kappa shape index (κ1) is 49.4. The number of furan rings is 1. The van der Waals surface area contributed by atoms with Crippen LogP contribution in [-0.4, -0.2) is 131 Å². The van der Waals surface area contributed by atoms with Gasteiger partial charge in [-0.25, -0.2) is 22.4 Å². The van der Waals surface area contributed by atoms with E-state index in [-0.39, 0.29) is 76.9 Å². The highest BCUT2D eigenvalue weighted by Crippen LogP contribution is 2.48. The molecule has 4 rings (SSSR count). The van der Waals surface area contributed by atoms with E-state index in [9.17, 15) is 27.2 Å². The highest BCUT2D eigenvalue weighted by atomic mass is 32.2. The highest BCUT2D eigenvalue weighted by Gasteiger charge is 2.33. The van der Waals surface area contributed by atoms with E-state index < -0.39 is 21.8 Å². The molecule has 2 aromatic carbocycles. The van der Waals surface area contributed by atoms with Crippen LogP contribution in [0.2, 0.25) is 0 Å². The molecule has 0 amide bonds. The van der Waals surface area contributed by atoms with Crippen LogP contribution >= 0.6 is 0 Å². The molecule has 330 valence electrons. The normalized spacial score (nSPS) is 12.6. The molecule has 1 saturated carbocycles. The summed E-state index contributed by atoms with van der Waals surface area (Å²) < 4.78 is 88.3. The summed E-state index contributed by atoms with van der Waals surface area (Å²) in [6, 6.07) is 9.28. The van der Waals surface area contributed by atoms with Crippen molar-refractivity contribution in [1.82, 2.24) is 0 Å². The third kappa shape index (κ3) is 17.7. The van der Waals surface area contributed by atoms with Crippen molar-refractivity contribution >= 4 is 44.4 Å². The zero-order chi connectivity index (χ0) is 43.0. The van der Waals surface area contributed by atoms with Crippen molar-refractivity contribution in [2.24, 2.45) is 0 Å². The summed E-state index contributed by atoms with van der Waals surface area (Å²) >= 11 is 0. The summed E-state index contributed by atoms with van der Waals surface area (Å²) in [4.78, 5) is 35.2. The molecule has 0 atom stereocenters. The maximum atomic E-state index is 13.6. The van der Waals surface area contributed by atoms with Crippen LogP contribution < -0.4 is 4.31 Å². The van der Waals surface area contributed by atoms with Crippen LogP contribution in [0.3, 0.4) is 0 Å². The molecule has 59 heavy (non-hydrogen) atoms. The second-order valence-corrected chi connectivity index (χ2v) is 15.2.